The van der Waals surface area contributed by atoms with Crippen LogP contribution in [-0.2, 0) is 17.8 Å². The van der Waals surface area contributed by atoms with Gasteiger partial charge in [0.05, 0.1) is 13.5 Å². The minimum atomic E-state index is -0.900. The standard InChI is InChI=1S/C16H16O4/c1-19-14-7-8-15(13(9-14)10-16(17)18)20-11-12-5-3-2-4-6-12/h2-9H,10-11H2,1H3,(H,17,18). The molecule has 0 amide bonds. The number of aliphatic carboxylic acids is 1. The van der Waals surface area contributed by atoms with E-state index in [-0.39, 0.29) is 6.42 Å². The molecule has 0 aliphatic rings. The summed E-state index contributed by atoms with van der Waals surface area (Å²) in [5.41, 5.74) is 1.64. The highest BCUT2D eigenvalue weighted by molar-refractivity contribution is 5.71. The monoisotopic (exact) mass is 272 g/mol. The van der Waals surface area contributed by atoms with Crippen molar-refractivity contribution >= 4 is 5.97 Å². The molecular weight excluding hydrogens is 256 g/mol. The summed E-state index contributed by atoms with van der Waals surface area (Å²) in [5, 5.41) is 8.94. The lowest BCUT2D eigenvalue weighted by Crippen LogP contribution is -2.04. The largest absolute Gasteiger partial charge is 0.497 e. The summed E-state index contributed by atoms with van der Waals surface area (Å²) in [6, 6.07) is 14.9. The van der Waals surface area contributed by atoms with Gasteiger partial charge >= 0.3 is 5.97 Å². The normalized spacial score (nSPS) is 10.1. The van der Waals surface area contributed by atoms with Crippen LogP contribution in [0.15, 0.2) is 48.5 Å². The number of rotatable bonds is 6. The first-order valence-electron chi connectivity index (χ1n) is 6.24. The van der Waals surface area contributed by atoms with Crippen molar-refractivity contribution in [1.29, 1.82) is 0 Å². The highest BCUT2D eigenvalue weighted by atomic mass is 16.5. The van der Waals surface area contributed by atoms with Crippen LogP contribution < -0.4 is 9.47 Å². The van der Waals surface area contributed by atoms with E-state index in [9.17, 15) is 4.79 Å². The molecule has 2 aromatic rings. The van der Waals surface area contributed by atoms with E-state index in [1.165, 1.54) is 0 Å². The molecule has 20 heavy (non-hydrogen) atoms. The van der Waals surface area contributed by atoms with E-state index in [0.29, 0.717) is 23.7 Å². The molecule has 4 heteroatoms. The summed E-state index contributed by atoms with van der Waals surface area (Å²) < 4.78 is 10.8. The Bertz CT molecular complexity index is 578. The van der Waals surface area contributed by atoms with Gasteiger partial charge in [-0.05, 0) is 23.8 Å². The van der Waals surface area contributed by atoms with Crippen molar-refractivity contribution in [3.8, 4) is 11.5 Å². The van der Waals surface area contributed by atoms with Gasteiger partial charge in [0.1, 0.15) is 18.1 Å². The molecule has 0 saturated heterocycles. The van der Waals surface area contributed by atoms with Crippen molar-refractivity contribution in [1.82, 2.24) is 0 Å². The van der Waals surface area contributed by atoms with Crippen LogP contribution in [0.25, 0.3) is 0 Å². The van der Waals surface area contributed by atoms with Crippen molar-refractivity contribution in [3.63, 3.8) is 0 Å². The van der Waals surface area contributed by atoms with Crippen LogP contribution in [0, 0.1) is 0 Å². The number of carbonyl (C=O) groups is 1. The lowest BCUT2D eigenvalue weighted by molar-refractivity contribution is -0.136. The van der Waals surface area contributed by atoms with E-state index in [1.807, 2.05) is 30.3 Å². The van der Waals surface area contributed by atoms with Gasteiger partial charge in [0.25, 0.3) is 0 Å². The molecule has 0 spiro atoms. The molecule has 0 fully saturated rings. The van der Waals surface area contributed by atoms with Gasteiger partial charge in [-0.15, -0.1) is 0 Å². The van der Waals surface area contributed by atoms with Crippen LogP contribution >= 0.6 is 0 Å². The third-order valence-electron chi connectivity index (χ3n) is 2.85. The first-order chi connectivity index (χ1) is 9.69. The van der Waals surface area contributed by atoms with Crippen LogP contribution in [-0.4, -0.2) is 18.2 Å². The second-order valence-corrected chi connectivity index (χ2v) is 4.32. The molecule has 0 unspecified atom stereocenters. The van der Waals surface area contributed by atoms with E-state index in [1.54, 1.807) is 25.3 Å². The lowest BCUT2D eigenvalue weighted by Gasteiger charge is -2.12. The van der Waals surface area contributed by atoms with Crippen molar-refractivity contribution < 1.29 is 19.4 Å². The highest BCUT2D eigenvalue weighted by Gasteiger charge is 2.10. The predicted octanol–water partition coefficient (Wildman–Crippen LogP) is 2.90. The van der Waals surface area contributed by atoms with E-state index in [2.05, 4.69) is 0 Å². The molecule has 1 N–H and O–H groups in total. The van der Waals surface area contributed by atoms with Crippen LogP contribution in [0.2, 0.25) is 0 Å². The maximum absolute atomic E-state index is 10.9. The summed E-state index contributed by atoms with van der Waals surface area (Å²) >= 11 is 0. The van der Waals surface area contributed by atoms with Gasteiger partial charge in [0, 0.05) is 5.56 Å². The Morgan fingerprint density at radius 2 is 1.90 bits per heavy atom. The van der Waals surface area contributed by atoms with E-state index >= 15 is 0 Å². The molecule has 0 aliphatic heterocycles. The molecule has 0 atom stereocenters. The molecule has 104 valence electrons. The molecule has 0 aliphatic carbocycles. The number of carboxylic acids is 1. The smallest absolute Gasteiger partial charge is 0.307 e. The first-order valence-corrected chi connectivity index (χ1v) is 6.24. The molecule has 0 heterocycles. The summed E-state index contributed by atoms with van der Waals surface area (Å²) in [4.78, 5) is 10.9. The topological polar surface area (TPSA) is 55.8 Å². The average molecular weight is 272 g/mol. The van der Waals surface area contributed by atoms with Crippen LogP contribution in [0.4, 0.5) is 0 Å². The molecule has 0 radical (unpaired) electrons. The number of ether oxygens (including phenoxy) is 2. The third kappa shape index (κ3) is 3.75. The van der Waals surface area contributed by atoms with Crippen molar-refractivity contribution in [2.24, 2.45) is 0 Å². The number of hydrogen-bond acceptors (Lipinski definition) is 3. The highest BCUT2D eigenvalue weighted by Crippen LogP contribution is 2.25. The fourth-order valence-corrected chi connectivity index (χ4v) is 1.86. The fraction of sp³-hybridized carbons (Fsp3) is 0.188. The Hall–Kier alpha value is -2.49. The summed E-state index contributed by atoms with van der Waals surface area (Å²) in [6.45, 7) is 0.403. The Morgan fingerprint density at radius 1 is 1.15 bits per heavy atom. The zero-order chi connectivity index (χ0) is 14.4. The zero-order valence-corrected chi connectivity index (χ0v) is 11.2. The van der Waals surface area contributed by atoms with Crippen LogP contribution in [0.1, 0.15) is 11.1 Å². The second-order valence-electron chi connectivity index (χ2n) is 4.32. The molecule has 0 aromatic heterocycles. The van der Waals surface area contributed by atoms with Crippen LogP contribution in [0.5, 0.6) is 11.5 Å². The summed E-state index contributed by atoms with van der Waals surface area (Å²) in [7, 11) is 1.55. The van der Waals surface area contributed by atoms with Crippen molar-refractivity contribution in [2.45, 2.75) is 13.0 Å². The lowest BCUT2D eigenvalue weighted by atomic mass is 10.1. The van der Waals surface area contributed by atoms with Gasteiger partial charge in [0.15, 0.2) is 0 Å². The SMILES string of the molecule is COc1ccc(OCc2ccccc2)c(CC(=O)O)c1. The zero-order valence-electron chi connectivity index (χ0n) is 11.2. The van der Waals surface area contributed by atoms with E-state index in [0.717, 1.165) is 5.56 Å². The van der Waals surface area contributed by atoms with Gasteiger partial charge in [0.2, 0.25) is 0 Å². The molecule has 0 saturated carbocycles. The predicted molar refractivity (Wildman–Crippen MR) is 75.1 cm³/mol. The molecular formula is C16H16O4. The first kappa shape index (κ1) is 13.9. The van der Waals surface area contributed by atoms with Gasteiger partial charge < -0.3 is 14.6 Å². The van der Waals surface area contributed by atoms with Crippen molar-refractivity contribution in [2.75, 3.05) is 7.11 Å². The third-order valence-corrected chi connectivity index (χ3v) is 2.85. The molecule has 2 rings (SSSR count). The molecule has 2 aromatic carbocycles. The Labute approximate surface area is 117 Å². The van der Waals surface area contributed by atoms with E-state index in [4.69, 9.17) is 14.6 Å². The Kier molecular flexibility index (Phi) is 4.60. The summed E-state index contributed by atoms with van der Waals surface area (Å²) in [5.74, 6) is 0.285. The quantitative estimate of drug-likeness (QED) is 0.878. The minimum Gasteiger partial charge on any atom is -0.497 e. The number of carboxylic acid groups (broad SMARTS) is 1. The number of hydrogen-bond donors (Lipinski definition) is 1. The number of benzene rings is 2. The maximum Gasteiger partial charge on any atom is 0.307 e. The molecule has 4 nitrogen and oxygen atoms in total. The Morgan fingerprint density at radius 3 is 2.55 bits per heavy atom. The van der Waals surface area contributed by atoms with Gasteiger partial charge in [-0.2, -0.15) is 0 Å². The second kappa shape index (κ2) is 6.61. The average Bonchev–Trinajstić information content (AvgIpc) is 2.46. The van der Waals surface area contributed by atoms with Gasteiger partial charge in [-0.25, -0.2) is 0 Å². The maximum atomic E-state index is 10.9. The number of methoxy groups -OCH3 is 1. The minimum absolute atomic E-state index is 0.0959. The molecule has 0 bridgehead atoms. The van der Waals surface area contributed by atoms with E-state index < -0.39 is 5.97 Å². The van der Waals surface area contributed by atoms with Crippen LogP contribution in [0.3, 0.4) is 0 Å². The fourth-order valence-electron chi connectivity index (χ4n) is 1.86. The summed E-state index contributed by atoms with van der Waals surface area (Å²) in [6.07, 6.45) is -0.0959. The van der Waals surface area contributed by atoms with Gasteiger partial charge in [-0.1, -0.05) is 30.3 Å². The van der Waals surface area contributed by atoms with Gasteiger partial charge in [-0.3, -0.25) is 4.79 Å². The Balaban J connectivity index is 2.15. The van der Waals surface area contributed by atoms with Crippen molar-refractivity contribution in [3.05, 3.63) is 59.7 Å².